The van der Waals surface area contributed by atoms with Gasteiger partial charge in [0, 0.05) is 24.8 Å². The van der Waals surface area contributed by atoms with Crippen LogP contribution in [0.25, 0.3) is 0 Å². The summed E-state index contributed by atoms with van der Waals surface area (Å²) in [6.45, 7) is 7.04. The highest BCUT2D eigenvalue weighted by atomic mass is 19.1. The zero-order valence-electron chi connectivity index (χ0n) is 13.2. The van der Waals surface area contributed by atoms with Gasteiger partial charge >= 0.3 is 0 Å². The quantitative estimate of drug-likeness (QED) is 0.794. The van der Waals surface area contributed by atoms with E-state index in [1.54, 1.807) is 6.07 Å². The summed E-state index contributed by atoms with van der Waals surface area (Å²) in [5.74, 6) is -0.186. The Kier molecular flexibility index (Phi) is 6.96. The van der Waals surface area contributed by atoms with Crippen LogP contribution in [0.2, 0.25) is 0 Å². The molecule has 0 aromatic heterocycles. The van der Waals surface area contributed by atoms with Crippen molar-refractivity contribution in [2.75, 3.05) is 38.6 Å². The maximum Gasteiger partial charge on any atom is 0.123 e. The van der Waals surface area contributed by atoms with Gasteiger partial charge in [0.25, 0.3) is 0 Å². The Morgan fingerprint density at radius 1 is 1.25 bits per heavy atom. The fraction of sp³-hybridized carbons (Fsp3) is 0.625. The molecule has 2 N–H and O–H groups in total. The van der Waals surface area contributed by atoms with Crippen LogP contribution in [0.15, 0.2) is 18.2 Å². The molecular weight excluding hydrogens is 253 g/mol. The minimum absolute atomic E-state index is 0.0380. The number of nitrogens with two attached hydrogens (primary N) is 1. The maximum absolute atomic E-state index is 13.5. The van der Waals surface area contributed by atoms with Gasteiger partial charge in [-0.1, -0.05) is 0 Å². The molecule has 0 spiro atoms. The van der Waals surface area contributed by atoms with Crippen LogP contribution < -0.4 is 10.6 Å². The fourth-order valence-corrected chi connectivity index (χ4v) is 2.40. The Morgan fingerprint density at radius 3 is 2.50 bits per heavy atom. The molecule has 0 aliphatic heterocycles. The number of hydrogen-bond acceptors (Lipinski definition) is 3. The van der Waals surface area contributed by atoms with Crippen LogP contribution in [0.1, 0.15) is 25.8 Å². The summed E-state index contributed by atoms with van der Waals surface area (Å²) in [6.07, 6.45) is 1.80. The summed E-state index contributed by atoms with van der Waals surface area (Å²) in [5, 5.41) is 0. The van der Waals surface area contributed by atoms with Gasteiger partial charge in [-0.15, -0.1) is 0 Å². The Morgan fingerprint density at radius 2 is 1.95 bits per heavy atom. The van der Waals surface area contributed by atoms with Crippen molar-refractivity contribution in [2.45, 2.75) is 32.7 Å². The van der Waals surface area contributed by atoms with E-state index < -0.39 is 0 Å². The molecule has 0 saturated carbocycles. The Hall–Kier alpha value is -1.13. The van der Waals surface area contributed by atoms with E-state index >= 15 is 0 Å². The van der Waals surface area contributed by atoms with Crippen molar-refractivity contribution in [1.82, 2.24) is 4.90 Å². The average molecular weight is 281 g/mol. The van der Waals surface area contributed by atoms with Gasteiger partial charge in [0.05, 0.1) is 0 Å². The van der Waals surface area contributed by atoms with Crippen molar-refractivity contribution < 1.29 is 4.39 Å². The SMILES string of the molecule is CCN(CCCN(C)C)c1ccc(F)cc1CC(C)N. The molecule has 4 heteroatoms. The number of halogens is 1. The highest BCUT2D eigenvalue weighted by molar-refractivity contribution is 5.54. The molecule has 1 unspecified atom stereocenters. The zero-order valence-corrected chi connectivity index (χ0v) is 13.2. The van der Waals surface area contributed by atoms with Crippen LogP contribution >= 0.6 is 0 Å². The average Bonchev–Trinajstić information content (AvgIpc) is 2.34. The topological polar surface area (TPSA) is 32.5 Å². The van der Waals surface area contributed by atoms with Gasteiger partial charge < -0.3 is 15.5 Å². The number of anilines is 1. The minimum atomic E-state index is -0.186. The molecule has 1 atom stereocenters. The van der Waals surface area contributed by atoms with Crippen molar-refractivity contribution in [1.29, 1.82) is 0 Å². The molecule has 0 aliphatic rings. The second-order valence-electron chi connectivity index (χ2n) is 5.69. The highest BCUT2D eigenvalue weighted by Crippen LogP contribution is 2.23. The summed E-state index contributed by atoms with van der Waals surface area (Å²) in [6, 6.07) is 5.07. The van der Waals surface area contributed by atoms with E-state index in [0.29, 0.717) is 6.42 Å². The van der Waals surface area contributed by atoms with E-state index in [1.165, 1.54) is 6.07 Å². The third kappa shape index (κ3) is 5.47. The Balaban J connectivity index is 2.84. The standard InChI is InChI=1S/C16H28FN3/c1-5-20(10-6-9-19(3)4)16-8-7-15(17)12-14(16)11-13(2)18/h7-8,12-13H,5-6,9-11,18H2,1-4H3. The summed E-state index contributed by atoms with van der Waals surface area (Å²) >= 11 is 0. The first-order chi connectivity index (χ1) is 9.43. The molecule has 20 heavy (non-hydrogen) atoms. The predicted octanol–water partition coefficient (Wildman–Crippen LogP) is 2.49. The van der Waals surface area contributed by atoms with Crippen LogP contribution in [0, 0.1) is 5.82 Å². The first-order valence-electron chi connectivity index (χ1n) is 7.37. The third-order valence-electron chi connectivity index (χ3n) is 3.34. The first-order valence-corrected chi connectivity index (χ1v) is 7.37. The molecule has 0 radical (unpaired) electrons. The molecule has 0 aliphatic carbocycles. The third-order valence-corrected chi connectivity index (χ3v) is 3.34. The second-order valence-corrected chi connectivity index (χ2v) is 5.69. The second kappa shape index (κ2) is 8.22. The van der Waals surface area contributed by atoms with Crippen LogP contribution in [0.4, 0.5) is 10.1 Å². The number of nitrogens with zero attached hydrogens (tertiary/aromatic N) is 2. The van der Waals surface area contributed by atoms with Crippen molar-refractivity contribution in [3.05, 3.63) is 29.6 Å². The molecule has 1 aromatic rings. The molecule has 0 heterocycles. The van der Waals surface area contributed by atoms with E-state index in [9.17, 15) is 4.39 Å². The van der Waals surface area contributed by atoms with Gasteiger partial charge in [-0.3, -0.25) is 0 Å². The summed E-state index contributed by atoms with van der Waals surface area (Å²) < 4.78 is 13.5. The molecule has 3 nitrogen and oxygen atoms in total. The van der Waals surface area contributed by atoms with Gasteiger partial charge in [-0.05, 0) is 71.1 Å². The van der Waals surface area contributed by atoms with Crippen molar-refractivity contribution in [2.24, 2.45) is 5.73 Å². The molecule has 0 fully saturated rings. The zero-order chi connectivity index (χ0) is 15.1. The maximum atomic E-state index is 13.5. The summed E-state index contributed by atoms with van der Waals surface area (Å²) in [5.41, 5.74) is 8.00. The van der Waals surface area contributed by atoms with Crippen molar-refractivity contribution in [3.8, 4) is 0 Å². The largest absolute Gasteiger partial charge is 0.372 e. The van der Waals surface area contributed by atoms with Crippen molar-refractivity contribution >= 4 is 5.69 Å². The van der Waals surface area contributed by atoms with Crippen LogP contribution in [-0.2, 0) is 6.42 Å². The normalized spacial score (nSPS) is 12.8. The number of benzene rings is 1. The lowest BCUT2D eigenvalue weighted by atomic mass is 10.0. The van der Waals surface area contributed by atoms with Crippen LogP contribution in [-0.4, -0.2) is 44.7 Å². The van der Waals surface area contributed by atoms with Gasteiger partial charge in [0.2, 0.25) is 0 Å². The van der Waals surface area contributed by atoms with E-state index in [2.05, 4.69) is 30.8 Å². The van der Waals surface area contributed by atoms with Crippen LogP contribution in [0.3, 0.4) is 0 Å². The molecule has 1 rings (SSSR count). The predicted molar refractivity (Wildman–Crippen MR) is 84.8 cm³/mol. The first kappa shape index (κ1) is 16.9. The number of hydrogen-bond donors (Lipinski definition) is 1. The lowest BCUT2D eigenvalue weighted by molar-refractivity contribution is 0.400. The molecule has 0 bridgehead atoms. The lowest BCUT2D eigenvalue weighted by Gasteiger charge is -2.27. The van der Waals surface area contributed by atoms with Crippen LogP contribution in [0.5, 0.6) is 0 Å². The van der Waals surface area contributed by atoms with E-state index in [4.69, 9.17) is 5.73 Å². The minimum Gasteiger partial charge on any atom is -0.372 e. The van der Waals surface area contributed by atoms with Gasteiger partial charge in [0.1, 0.15) is 5.82 Å². The van der Waals surface area contributed by atoms with E-state index in [0.717, 1.165) is 37.3 Å². The van der Waals surface area contributed by atoms with Gasteiger partial charge in [-0.2, -0.15) is 0 Å². The monoisotopic (exact) mass is 281 g/mol. The highest BCUT2D eigenvalue weighted by Gasteiger charge is 2.12. The number of rotatable bonds is 8. The Labute approximate surface area is 122 Å². The van der Waals surface area contributed by atoms with Gasteiger partial charge in [-0.25, -0.2) is 4.39 Å². The van der Waals surface area contributed by atoms with Gasteiger partial charge in [0.15, 0.2) is 0 Å². The van der Waals surface area contributed by atoms with E-state index in [-0.39, 0.29) is 11.9 Å². The Bertz CT molecular complexity index is 405. The molecule has 1 aromatic carbocycles. The molecule has 0 saturated heterocycles. The fourth-order valence-electron chi connectivity index (χ4n) is 2.40. The van der Waals surface area contributed by atoms with E-state index in [1.807, 2.05) is 13.0 Å². The molecule has 0 amide bonds. The molecular formula is C16H28FN3. The summed E-state index contributed by atoms with van der Waals surface area (Å²) in [4.78, 5) is 4.49. The molecule has 114 valence electrons. The lowest BCUT2D eigenvalue weighted by Crippen LogP contribution is -2.29. The van der Waals surface area contributed by atoms with Crippen molar-refractivity contribution in [3.63, 3.8) is 0 Å². The summed E-state index contributed by atoms with van der Waals surface area (Å²) in [7, 11) is 4.16. The smallest absolute Gasteiger partial charge is 0.123 e.